The van der Waals surface area contributed by atoms with Gasteiger partial charge < -0.3 is 19.7 Å². The van der Waals surface area contributed by atoms with Crippen molar-refractivity contribution in [2.75, 3.05) is 18.4 Å². The molecule has 1 aromatic carbocycles. The number of aromatic nitrogens is 3. The van der Waals surface area contributed by atoms with Crippen LogP contribution in [0.5, 0.6) is 0 Å². The number of alkyl halides is 2. The summed E-state index contributed by atoms with van der Waals surface area (Å²) in [5, 5.41) is 19.7. The molecule has 0 atom stereocenters. The van der Waals surface area contributed by atoms with Crippen molar-refractivity contribution in [3.8, 4) is 11.5 Å². The summed E-state index contributed by atoms with van der Waals surface area (Å²) < 4.78 is 32.8. The van der Waals surface area contributed by atoms with Crippen molar-refractivity contribution >= 4 is 28.9 Å². The molecule has 0 saturated heterocycles. The van der Waals surface area contributed by atoms with E-state index in [1.54, 1.807) is 17.2 Å². The molecule has 0 fully saturated rings. The van der Waals surface area contributed by atoms with Crippen LogP contribution in [0.4, 0.5) is 19.3 Å². The molecule has 0 bridgehead atoms. The van der Waals surface area contributed by atoms with E-state index in [1.807, 2.05) is 6.08 Å². The van der Waals surface area contributed by atoms with Gasteiger partial charge in [0.1, 0.15) is 6.61 Å². The Morgan fingerprint density at radius 1 is 1.29 bits per heavy atom. The van der Waals surface area contributed by atoms with Gasteiger partial charge in [0.2, 0.25) is 11.8 Å². The predicted octanol–water partition coefficient (Wildman–Crippen LogP) is 5.10. The molecular weight excluding hydrogens is 468 g/mol. The number of aliphatic hydroxyl groups excluding tert-OH is 1. The number of hydrogen-bond donors (Lipinski definition) is 2. The Morgan fingerprint density at radius 2 is 2.06 bits per heavy atom. The zero-order valence-electron chi connectivity index (χ0n) is 18.3. The van der Waals surface area contributed by atoms with Gasteiger partial charge in [0.25, 0.3) is 5.92 Å². The maximum atomic E-state index is 13.8. The number of halogens is 3. The van der Waals surface area contributed by atoms with Crippen LogP contribution in [0.1, 0.15) is 36.9 Å². The van der Waals surface area contributed by atoms with E-state index in [2.05, 4.69) is 20.5 Å². The lowest BCUT2D eigenvalue weighted by molar-refractivity contribution is -0.00826. The molecule has 2 amide bonds. The maximum Gasteiger partial charge on any atom is 0.322 e. The Hall–Kier alpha value is -3.37. The molecule has 8 nitrogen and oxygen atoms in total. The number of nitrogens with one attached hydrogen (secondary N) is 1. The van der Waals surface area contributed by atoms with Gasteiger partial charge in [-0.2, -0.15) is 0 Å². The first-order valence-corrected chi connectivity index (χ1v) is 11.0. The number of carbonyl (C=O) groups excluding carboxylic acids is 1. The quantitative estimate of drug-likeness (QED) is 0.499. The number of carbonyl (C=O) groups is 1. The number of hydrogen-bond acceptors (Lipinski definition) is 6. The Balaban J connectivity index is 1.39. The van der Waals surface area contributed by atoms with Crippen molar-refractivity contribution in [3.05, 3.63) is 64.8 Å². The summed E-state index contributed by atoms with van der Waals surface area (Å²) in [7, 11) is 0. The lowest BCUT2D eigenvalue weighted by Gasteiger charge is -2.27. The minimum atomic E-state index is -2.89. The number of pyridine rings is 1. The van der Waals surface area contributed by atoms with E-state index in [0.717, 1.165) is 5.57 Å². The van der Waals surface area contributed by atoms with E-state index in [0.29, 0.717) is 41.5 Å². The van der Waals surface area contributed by atoms with Crippen LogP contribution in [0.2, 0.25) is 5.02 Å². The summed E-state index contributed by atoms with van der Waals surface area (Å²) in [5.74, 6) is -2.59. The van der Waals surface area contributed by atoms with Crippen LogP contribution >= 0.6 is 11.6 Å². The van der Waals surface area contributed by atoms with Crippen LogP contribution in [-0.4, -0.2) is 44.3 Å². The van der Waals surface area contributed by atoms with Gasteiger partial charge in [-0.1, -0.05) is 36.7 Å². The summed E-state index contributed by atoms with van der Waals surface area (Å²) in [6.07, 6.45) is 3.68. The number of aliphatic hydroxyl groups is 1. The van der Waals surface area contributed by atoms with Crippen molar-refractivity contribution in [1.82, 2.24) is 20.1 Å². The normalized spacial score (nSPS) is 14.1. The average Bonchev–Trinajstić information content (AvgIpc) is 3.34. The first-order chi connectivity index (χ1) is 16.3. The molecule has 3 aromatic rings. The zero-order chi connectivity index (χ0) is 24.3. The van der Waals surface area contributed by atoms with Crippen molar-refractivity contribution < 1.29 is 23.1 Å². The summed E-state index contributed by atoms with van der Waals surface area (Å²) >= 11 is 6.43. The lowest BCUT2D eigenvalue weighted by Crippen LogP contribution is -2.38. The second-order valence-electron chi connectivity index (χ2n) is 7.70. The molecule has 1 aliphatic rings. The Kier molecular flexibility index (Phi) is 6.90. The van der Waals surface area contributed by atoms with Gasteiger partial charge in [0.05, 0.1) is 16.3 Å². The predicted molar refractivity (Wildman–Crippen MR) is 122 cm³/mol. The third kappa shape index (κ3) is 5.07. The molecule has 34 heavy (non-hydrogen) atoms. The van der Waals surface area contributed by atoms with Gasteiger partial charge in [-0.15, -0.1) is 10.2 Å². The Labute approximate surface area is 199 Å². The SMILES string of the molecule is CCC(F)(F)c1ccc(NC(=O)N2CC=C(c3ncc(-c4nnc(CO)o4)cc3Cl)CC2)cc1. The molecular formula is C23H22ClF2N5O3. The molecule has 3 heterocycles. The fraction of sp³-hybridized carbons (Fsp3) is 0.304. The highest BCUT2D eigenvalue weighted by Gasteiger charge is 2.28. The molecule has 0 aliphatic carbocycles. The smallest absolute Gasteiger partial charge is 0.322 e. The third-order valence-electron chi connectivity index (χ3n) is 5.49. The fourth-order valence-corrected chi connectivity index (χ4v) is 3.79. The highest BCUT2D eigenvalue weighted by Crippen LogP contribution is 2.32. The van der Waals surface area contributed by atoms with Crippen LogP contribution in [0, 0.1) is 0 Å². The van der Waals surface area contributed by atoms with Crippen LogP contribution in [0.15, 0.2) is 47.0 Å². The second kappa shape index (κ2) is 9.86. The van der Waals surface area contributed by atoms with Gasteiger partial charge in [-0.05, 0) is 30.2 Å². The van der Waals surface area contributed by atoms with Crippen molar-refractivity contribution in [1.29, 1.82) is 0 Å². The number of nitrogens with zero attached hydrogens (tertiary/aromatic N) is 4. The van der Waals surface area contributed by atoms with Crippen molar-refractivity contribution in [2.45, 2.75) is 32.3 Å². The topological polar surface area (TPSA) is 104 Å². The van der Waals surface area contributed by atoms with Crippen molar-refractivity contribution in [3.63, 3.8) is 0 Å². The van der Waals surface area contributed by atoms with Crippen LogP contribution in [0.3, 0.4) is 0 Å². The van der Waals surface area contributed by atoms with Gasteiger partial charge in [0.15, 0.2) is 0 Å². The molecule has 0 unspecified atom stereocenters. The zero-order valence-corrected chi connectivity index (χ0v) is 19.0. The molecule has 1 aliphatic heterocycles. The van der Waals surface area contributed by atoms with E-state index in [-0.39, 0.29) is 36.4 Å². The van der Waals surface area contributed by atoms with E-state index in [9.17, 15) is 13.6 Å². The molecule has 0 radical (unpaired) electrons. The largest absolute Gasteiger partial charge is 0.418 e. The van der Waals surface area contributed by atoms with Gasteiger partial charge in [0, 0.05) is 37.0 Å². The monoisotopic (exact) mass is 489 g/mol. The average molecular weight is 490 g/mol. The number of anilines is 1. The van der Waals surface area contributed by atoms with Gasteiger partial charge >= 0.3 is 6.03 Å². The summed E-state index contributed by atoms with van der Waals surface area (Å²) in [6, 6.07) is 6.92. The Bertz CT molecular complexity index is 1210. The standard InChI is InChI=1S/C23H22ClF2N5O3/c1-2-23(25,26)16-3-5-17(6-4-16)28-22(33)31-9-7-14(8-10-31)20-18(24)11-15(12-27-20)21-30-29-19(13-32)34-21/h3-7,11-12,32H,2,8-10,13H2,1H3,(H,28,33). The maximum absolute atomic E-state index is 13.8. The van der Waals surface area contributed by atoms with Crippen LogP contribution < -0.4 is 5.32 Å². The minimum absolute atomic E-state index is 0.0816. The first-order valence-electron chi connectivity index (χ1n) is 10.6. The molecule has 4 rings (SSSR count). The van der Waals surface area contributed by atoms with Crippen molar-refractivity contribution in [2.24, 2.45) is 0 Å². The second-order valence-corrected chi connectivity index (χ2v) is 8.11. The molecule has 0 spiro atoms. The number of rotatable bonds is 6. The number of amides is 2. The van der Waals surface area contributed by atoms with Crippen LogP contribution in [0.25, 0.3) is 17.0 Å². The van der Waals surface area contributed by atoms with Crippen LogP contribution in [-0.2, 0) is 12.5 Å². The fourth-order valence-electron chi connectivity index (χ4n) is 3.50. The summed E-state index contributed by atoms with van der Waals surface area (Å²) in [6.45, 7) is 1.85. The molecule has 11 heteroatoms. The first kappa shape index (κ1) is 23.8. The van der Waals surface area contributed by atoms with E-state index >= 15 is 0 Å². The number of urea groups is 1. The van der Waals surface area contributed by atoms with Gasteiger partial charge in [-0.25, -0.2) is 13.6 Å². The molecule has 178 valence electrons. The Morgan fingerprint density at radius 3 is 2.65 bits per heavy atom. The van der Waals surface area contributed by atoms with E-state index in [4.69, 9.17) is 21.1 Å². The van der Waals surface area contributed by atoms with E-state index < -0.39 is 5.92 Å². The highest BCUT2D eigenvalue weighted by molar-refractivity contribution is 6.32. The molecule has 0 saturated carbocycles. The third-order valence-corrected chi connectivity index (χ3v) is 5.78. The highest BCUT2D eigenvalue weighted by atomic mass is 35.5. The number of benzene rings is 1. The molecule has 2 N–H and O–H groups in total. The molecule has 2 aromatic heterocycles. The van der Waals surface area contributed by atoms with E-state index in [1.165, 1.54) is 31.2 Å². The summed E-state index contributed by atoms with van der Waals surface area (Å²) in [5.41, 5.74) is 2.39. The van der Waals surface area contributed by atoms with Gasteiger partial charge in [-0.3, -0.25) is 4.98 Å². The lowest BCUT2D eigenvalue weighted by atomic mass is 10.0. The summed E-state index contributed by atoms with van der Waals surface area (Å²) in [4.78, 5) is 18.6. The minimum Gasteiger partial charge on any atom is -0.418 e.